The maximum absolute atomic E-state index is 11.7. The number of fused-ring (bicyclic) bond motifs is 1. The van der Waals surface area contributed by atoms with E-state index in [9.17, 15) is 4.79 Å². The Labute approximate surface area is 74.5 Å². The van der Waals surface area contributed by atoms with Crippen LogP contribution in [0.1, 0.15) is 39.5 Å². The molecule has 2 fully saturated rings. The van der Waals surface area contributed by atoms with E-state index in [1.165, 1.54) is 19.3 Å². The molecule has 3 atom stereocenters. The van der Waals surface area contributed by atoms with Crippen molar-refractivity contribution in [3.63, 3.8) is 0 Å². The Kier molecular flexibility index (Phi) is 1.97. The molecule has 1 nitrogen and oxygen atoms in total. The van der Waals surface area contributed by atoms with Gasteiger partial charge in [0.2, 0.25) is 0 Å². The Bertz CT molecular complexity index is 195. The number of carbonyl (C=O) groups is 1. The number of hydrogen-bond donors (Lipinski definition) is 0. The summed E-state index contributed by atoms with van der Waals surface area (Å²) in [6, 6.07) is 0. The lowest BCUT2D eigenvalue weighted by molar-refractivity contribution is -0.124. The minimum Gasteiger partial charge on any atom is -0.299 e. The molecule has 0 saturated heterocycles. The average Bonchev–Trinajstić information content (AvgIpc) is 2.61. The summed E-state index contributed by atoms with van der Waals surface area (Å²) in [5, 5.41) is 0. The fraction of sp³-hybridized carbons (Fsp3) is 0.909. The molecule has 0 aromatic carbocycles. The highest BCUT2D eigenvalue weighted by atomic mass is 16.1. The van der Waals surface area contributed by atoms with Crippen LogP contribution in [-0.2, 0) is 4.79 Å². The van der Waals surface area contributed by atoms with E-state index >= 15 is 0 Å². The van der Waals surface area contributed by atoms with Gasteiger partial charge in [0.05, 0.1) is 0 Å². The van der Waals surface area contributed by atoms with Gasteiger partial charge in [-0.1, -0.05) is 13.8 Å². The van der Waals surface area contributed by atoms with Gasteiger partial charge in [0.25, 0.3) is 0 Å². The van der Waals surface area contributed by atoms with Crippen LogP contribution in [0.3, 0.4) is 0 Å². The molecule has 0 aromatic heterocycles. The van der Waals surface area contributed by atoms with E-state index in [1.807, 2.05) is 0 Å². The van der Waals surface area contributed by atoms with Crippen molar-refractivity contribution >= 4 is 5.78 Å². The molecule has 2 aliphatic carbocycles. The van der Waals surface area contributed by atoms with Gasteiger partial charge in [-0.15, -0.1) is 0 Å². The minimum atomic E-state index is 0.470. The minimum absolute atomic E-state index is 0.470. The lowest BCUT2D eigenvalue weighted by atomic mass is 9.92. The fourth-order valence-electron chi connectivity index (χ4n) is 2.66. The summed E-state index contributed by atoms with van der Waals surface area (Å²) in [5.41, 5.74) is 0. The molecule has 68 valence electrons. The third-order valence-electron chi connectivity index (χ3n) is 3.37. The van der Waals surface area contributed by atoms with Crippen LogP contribution in [0.5, 0.6) is 0 Å². The molecule has 2 aliphatic rings. The maximum Gasteiger partial charge on any atom is 0.136 e. The van der Waals surface area contributed by atoms with Crippen LogP contribution in [0.2, 0.25) is 0 Å². The van der Waals surface area contributed by atoms with Gasteiger partial charge >= 0.3 is 0 Å². The van der Waals surface area contributed by atoms with Gasteiger partial charge < -0.3 is 0 Å². The molecular formula is C11H18O. The van der Waals surface area contributed by atoms with Gasteiger partial charge in [-0.3, -0.25) is 4.79 Å². The standard InChI is InChI=1S/C11H18O/c1-7(2)5-11(12)9-4-3-8-6-10(8)9/h7-10H,3-6H2,1-2H3. The molecule has 1 heteroatoms. The van der Waals surface area contributed by atoms with Crippen LogP contribution < -0.4 is 0 Å². The predicted octanol–water partition coefficient (Wildman–Crippen LogP) is 2.65. The summed E-state index contributed by atoms with van der Waals surface area (Å²) < 4.78 is 0. The Morgan fingerprint density at radius 3 is 2.58 bits per heavy atom. The van der Waals surface area contributed by atoms with Gasteiger partial charge in [0.15, 0.2) is 0 Å². The fourth-order valence-corrected chi connectivity index (χ4v) is 2.66. The zero-order chi connectivity index (χ0) is 8.72. The lowest BCUT2D eigenvalue weighted by Gasteiger charge is -2.11. The highest BCUT2D eigenvalue weighted by molar-refractivity contribution is 5.82. The maximum atomic E-state index is 11.7. The number of rotatable bonds is 3. The Hall–Kier alpha value is -0.330. The van der Waals surface area contributed by atoms with Crippen LogP contribution in [0.15, 0.2) is 0 Å². The molecule has 0 amide bonds. The molecule has 2 rings (SSSR count). The van der Waals surface area contributed by atoms with Gasteiger partial charge in [0, 0.05) is 12.3 Å². The van der Waals surface area contributed by atoms with E-state index in [4.69, 9.17) is 0 Å². The van der Waals surface area contributed by atoms with E-state index in [-0.39, 0.29) is 0 Å². The Morgan fingerprint density at radius 1 is 1.42 bits per heavy atom. The first kappa shape index (κ1) is 8.28. The van der Waals surface area contributed by atoms with Crippen LogP contribution >= 0.6 is 0 Å². The molecule has 0 radical (unpaired) electrons. The Balaban J connectivity index is 1.87. The van der Waals surface area contributed by atoms with Crippen molar-refractivity contribution in [3.8, 4) is 0 Å². The molecular weight excluding hydrogens is 148 g/mol. The van der Waals surface area contributed by atoms with E-state index in [0.29, 0.717) is 17.6 Å². The van der Waals surface area contributed by atoms with E-state index in [2.05, 4.69) is 13.8 Å². The second-order valence-corrected chi connectivity index (χ2v) is 4.91. The smallest absolute Gasteiger partial charge is 0.136 e. The quantitative estimate of drug-likeness (QED) is 0.630. The lowest BCUT2D eigenvalue weighted by Crippen LogP contribution is -2.15. The molecule has 0 spiro atoms. The third kappa shape index (κ3) is 1.41. The molecule has 0 heterocycles. The molecule has 0 aliphatic heterocycles. The summed E-state index contributed by atoms with van der Waals surface area (Å²) in [6.07, 6.45) is 4.70. The topological polar surface area (TPSA) is 17.1 Å². The molecule has 0 aromatic rings. The SMILES string of the molecule is CC(C)CC(=O)C1CCC2CC21. The Morgan fingerprint density at radius 2 is 2.17 bits per heavy atom. The largest absolute Gasteiger partial charge is 0.299 e. The van der Waals surface area contributed by atoms with Crippen molar-refractivity contribution in [2.75, 3.05) is 0 Å². The summed E-state index contributed by atoms with van der Waals surface area (Å²) in [4.78, 5) is 11.7. The van der Waals surface area contributed by atoms with E-state index < -0.39 is 0 Å². The monoisotopic (exact) mass is 166 g/mol. The van der Waals surface area contributed by atoms with Crippen LogP contribution in [0, 0.1) is 23.7 Å². The number of carbonyl (C=O) groups excluding carboxylic acids is 1. The van der Waals surface area contributed by atoms with Gasteiger partial charge in [0.1, 0.15) is 5.78 Å². The summed E-state index contributed by atoms with van der Waals surface area (Å²) >= 11 is 0. The second-order valence-electron chi connectivity index (χ2n) is 4.91. The predicted molar refractivity (Wildman–Crippen MR) is 48.8 cm³/mol. The number of Topliss-reactive ketones (excluding diaryl/α,β-unsaturated/α-hetero) is 1. The van der Waals surface area contributed by atoms with E-state index in [1.54, 1.807) is 0 Å². The van der Waals surface area contributed by atoms with Gasteiger partial charge in [-0.2, -0.15) is 0 Å². The van der Waals surface area contributed by atoms with Crippen molar-refractivity contribution in [2.45, 2.75) is 39.5 Å². The number of ketones is 1. The average molecular weight is 166 g/mol. The molecule has 2 saturated carbocycles. The van der Waals surface area contributed by atoms with Gasteiger partial charge in [-0.25, -0.2) is 0 Å². The molecule has 3 unspecified atom stereocenters. The van der Waals surface area contributed by atoms with Crippen LogP contribution in [0.4, 0.5) is 0 Å². The number of hydrogen-bond acceptors (Lipinski definition) is 1. The van der Waals surface area contributed by atoms with Crippen LogP contribution in [-0.4, -0.2) is 5.78 Å². The summed E-state index contributed by atoms with van der Waals surface area (Å²) in [7, 11) is 0. The van der Waals surface area contributed by atoms with Crippen molar-refractivity contribution in [1.29, 1.82) is 0 Å². The normalized spacial score (nSPS) is 38.4. The van der Waals surface area contributed by atoms with Crippen molar-refractivity contribution < 1.29 is 4.79 Å². The van der Waals surface area contributed by atoms with E-state index in [0.717, 1.165) is 18.3 Å². The zero-order valence-electron chi connectivity index (χ0n) is 8.05. The highest BCUT2D eigenvalue weighted by Crippen LogP contribution is 2.55. The van der Waals surface area contributed by atoms with Crippen LogP contribution in [0.25, 0.3) is 0 Å². The van der Waals surface area contributed by atoms with Gasteiger partial charge in [-0.05, 0) is 37.0 Å². The summed E-state index contributed by atoms with van der Waals surface area (Å²) in [6.45, 7) is 4.27. The molecule has 12 heavy (non-hydrogen) atoms. The van der Waals surface area contributed by atoms with Crippen molar-refractivity contribution in [2.24, 2.45) is 23.7 Å². The highest BCUT2D eigenvalue weighted by Gasteiger charge is 2.50. The molecule has 0 bridgehead atoms. The van der Waals surface area contributed by atoms with Crippen molar-refractivity contribution in [1.82, 2.24) is 0 Å². The van der Waals surface area contributed by atoms with Crippen molar-refractivity contribution in [3.05, 3.63) is 0 Å². The first-order valence-corrected chi connectivity index (χ1v) is 5.21. The molecule has 0 N–H and O–H groups in total. The second kappa shape index (κ2) is 2.86. The third-order valence-corrected chi connectivity index (χ3v) is 3.37. The summed E-state index contributed by atoms with van der Waals surface area (Å²) in [5.74, 6) is 3.34. The first-order chi connectivity index (χ1) is 5.68. The zero-order valence-corrected chi connectivity index (χ0v) is 8.05. The first-order valence-electron chi connectivity index (χ1n) is 5.21.